The number of carbonyl (C=O) groups excluding carboxylic acids is 2. The van der Waals surface area contributed by atoms with Gasteiger partial charge in [0.15, 0.2) is 0 Å². The Balaban J connectivity index is 1.72. The van der Waals surface area contributed by atoms with Crippen LogP contribution in [0.3, 0.4) is 0 Å². The topological polar surface area (TPSA) is 77.8 Å². The van der Waals surface area contributed by atoms with Crippen molar-refractivity contribution in [1.29, 1.82) is 0 Å². The van der Waals surface area contributed by atoms with Crippen LogP contribution >= 0.6 is 11.3 Å². The summed E-state index contributed by atoms with van der Waals surface area (Å²) >= 11 is 1.55. The highest BCUT2D eigenvalue weighted by molar-refractivity contribution is 7.21. The highest BCUT2D eigenvalue weighted by atomic mass is 32.1. The second-order valence-corrected chi connectivity index (χ2v) is 8.25. The molecule has 0 aliphatic carbocycles. The summed E-state index contributed by atoms with van der Waals surface area (Å²) < 4.78 is 11.3. The van der Waals surface area contributed by atoms with Crippen molar-refractivity contribution < 1.29 is 19.1 Å². The summed E-state index contributed by atoms with van der Waals surface area (Å²) in [5.41, 5.74) is 4.37. The fraction of sp³-hybridized carbons (Fsp3) is 0.217. The van der Waals surface area contributed by atoms with Gasteiger partial charge >= 0.3 is 11.9 Å². The molecule has 0 radical (unpaired) electrons. The predicted octanol–water partition coefficient (Wildman–Crippen LogP) is 4.12. The van der Waals surface area contributed by atoms with Gasteiger partial charge in [-0.25, -0.2) is 9.78 Å². The molecular weight excluding hydrogens is 400 g/mol. The molecule has 2 unspecified atom stereocenters. The zero-order valence-corrected chi connectivity index (χ0v) is 17.2. The van der Waals surface area contributed by atoms with Gasteiger partial charge in [0, 0.05) is 17.2 Å². The van der Waals surface area contributed by atoms with Gasteiger partial charge in [0.1, 0.15) is 17.5 Å². The molecule has 30 heavy (non-hydrogen) atoms. The molecule has 7 heteroatoms. The molecule has 3 aromatic rings. The molecule has 0 bridgehead atoms. The molecule has 2 aliphatic rings. The van der Waals surface area contributed by atoms with Crippen molar-refractivity contribution in [2.45, 2.75) is 12.8 Å². The van der Waals surface area contributed by atoms with Gasteiger partial charge in [0.25, 0.3) is 0 Å². The van der Waals surface area contributed by atoms with Crippen LogP contribution in [0.2, 0.25) is 0 Å². The SMILES string of the molecule is COC(=O)C1C(C)=NC2=C(C(=O)OC2)C1c1cccc2nc(-c3ccccc3)sc12. The molecule has 5 rings (SSSR count). The summed E-state index contributed by atoms with van der Waals surface area (Å²) in [5, 5.41) is 0.886. The number of cyclic esters (lactones) is 1. The Kier molecular flexibility index (Phi) is 4.47. The Bertz CT molecular complexity index is 1240. The second-order valence-electron chi connectivity index (χ2n) is 7.25. The van der Waals surface area contributed by atoms with Crippen molar-refractivity contribution in [3.63, 3.8) is 0 Å². The zero-order valence-electron chi connectivity index (χ0n) is 16.4. The number of benzene rings is 2. The van der Waals surface area contributed by atoms with E-state index in [1.54, 1.807) is 18.3 Å². The van der Waals surface area contributed by atoms with Crippen LogP contribution in [0.25, 0.3) is 20.8 Å². The maximum atomic E-state index is 12.7. The third kappa shape index (κ3) is 2.85. The van der Waals surface area contributed by atoms with Crippen molar-refractivity contribution in [2.24, 2.45) is 10.9 Å². The molecule has 3 heterocycles. The number of thiazole rings is 1. The van der Waals surface area contributed by atoms with E-state index in [0.29, 0.717) is 17.0 Å². The summed E-state index contributed by atoms with van der Waals surface area (Å²) in [6, 6.07) is 15.7. The second kappa shape index (κ2) is 7.18. The molecule has 6 nitrogen and oxygen atoms in total. The Hall–Kier alpha value is -3.32. The summed E-state index contributed by atoms with van der Waals surface area (Å²) in [4.78, 5) is 34.6. The van der Waals surface area contributed by atoms with Crippen LogP contribution in [-0.4, -0.2) is 36.4 Å². The summed E-state index contributed by atoms with van der Waals surface area (Å²) in [7, 11) is 1.35. The van der Waals surface area contributed by atoms with Crippen molar-refractivity contribution in [3.8, 4) is 10.6 Å². The number of carbonyl (C=O) groups is 2. The van der Waals surface area contributed by atoms with Gasteiger partial charge in [-0.2, -0.15) is 0 Å². The number of aromatic nitrogens is 1. The third-order valence-electron chi connectivity index (χ3n) is 5.53. The summed E-state index contributed by atoms with van der Waals surface area (Å²) in [6.07, 6.45) is 0. The van der Waals surface area contributed by atoms with E-state index in [4.69, 9.17) is 14.5 Å². The quantitative estimate of drug-likeness (QED) is 0.598. The third-order valence-corrected chi connectivity index (χ3v) is 6.70. The standard InChI is InChI=1S/C23H18N2O4S/c1-12-17(22(26)28-2)18(19-16(24-12)11-29-23(19)27)14-9-6-10-15-20(14)30-21(25-15)13-7-4-3-5-8-13/h3-10,17-18H,11H2,1-2H3. The van der Waals surface area contributed by atoms with E-state index >= 15 is 0 Å². The van der Waals surface area contributed by atoms with E-state index in [9.17, 15) is 9.59 Å². The molecule has 1 aromatic heterocycles. The Morgan fingerprint density at radius 3 is 2.73 bits per heavy atom. The number of fused-ring (bicyclic) bond motifs is 1. The first-order chi connectivity index (χ1) is 14.6. The number of nitrogens with zero attached hydrogens (tertiary/aromatic N) is 2. The molecule has 2 aliphatic heterocycles. The van der Waals surface area contributed by atoms with E-state index in [1.165, 1.54) is 7.11 Å². The number of ether oxygens (including phenoxy) is 2. The van der Waals surface area contributed by atoms with E-state index in [1.807, 2.05) is 48.5 Å². The van der Waals surface area contributed by atoms with Crippen LogP contribution in [-0.2, 0) is 19.1 Å². The van der Waals surface area contributed by atoms with Gasteiger partial charge in [-0.3, -0.25) is 9.79 Å². The maximum absolute atomic E-state index is 12.7. The van der Waals surface area contributed by atoms with Crippen LogP contribution in [0.5, 0.6) is 0 Å². The van der Waals surface area contributed by atoms with Crippen LogP contribution in [0.15, 0.2) is 64.8 Å². The van der Waals surface area contributed by atoms with Crippen molar-refractivity contribution in [1.82, 2.24) is 4.98 Å². The predicted molar refractivity (Wildman–Crippen MR) is 114 cm³/mol. The van der Waals surface area contributed by atoms with Gasteiger partial charge in [0.05, 0.1) is 28.6 Å². The van der Waals surface area contributed by atoms with E-state index in [-0.39, 0.29) is 6.61 Å². The first kappa shape index (κ1) is 18.7. The highest BCUT2D eigenvalue weighted by Gasteiger charge is 2.46. The van der Waals surface area contributed by atoms with Crippen LogP contribution < -0.4 is 0 Å². The normalized spacial score (nSPS) is 20.7. The smallest absolute Gasteiger partial charge is 0.337 e. The average Bonchev–Trinajstić information content (AvgIpc) is 3.36. The zero-order chi connectivity index (χ0) is 20.8. The lowest BCUT2D eigenvalue weighted by Gasteiger charge is -2.29. The molecule has 0 amide bonds. The van der Waals surface area contributed by atoms with Crippen molar-refractivity contribution in [3.05, 3.63) is 65.4 Å². The average molecular weight is 418 g/mol. The molecule has 0 saturated heterocycles. The van der Waals surface area contributed by atoms with Gasteiger partial charge in [-0.1, -0.05) is 42.5 Å². The Morgan fingerprint density at radius 1 is 1.17 bits per heavy atom. The van der Waals surface area contributed by atoms with Gasteiger partial charge < -0.3 is 9.47 Å². The number of rotatable bonds is 3. The molecule has 0 spiro atoms. The lowest BCUT2D eigenvalue weighted by molar-refractivity contribution is -0.143. The van der Waals surface area contributed by atoms with Gasteiger partial charge in [-0.15, -0.1) is 11.3 Å². The van der Waals surface area contributed by atoms with Gasteiger partial charge in [0.2, 0.25) is 0 Å². The molecule has 2 aromatic carbocycles. The molecule has 0 saturated carbocycles. The summed E-state index contributed by atoms with van der Waals surface area (Å²) in [6.45, 7) is 1.92. The molecular formula is C23H18N2O4S. The highest BCUT2D eigenvalue weighted by Crippen LogP contribution is 2.46. The van der Waals surface area contributed by atoms with E-state index in [2.05, 4.69) is 4.99 Å². The first-order valence-corrected chi connectivity index (χ1v) is 10.4. The van der Waals surface area contributed by atoms with E-state index in [0.717, 1.165) is 26.4 Å². The van der Waals surface area contributed by atoms with Crippen LogP contribution in [0.1, 0.15) is 18.4 Å². The molecule has 0 fully saturated rings. The monoisotopic (exact) mass is 418 g/mol. The van der Waals surface area contributed by atoms with Crippen molar-refractivity contribution >= 4 is 39.2 Å². The van der Waals surface area contributed by atoms with Gasteiger partial charge in [-0.05, 0) is 18.6 Å². The number of hydrogen-bond donors (Lipinski definition) is 0. The Morgan fingerprint density at radius 2 is 1.97 bits per heavy atom. The summed E-state index contributed by atoms with van der Waals surface area (Å²) in [5.74, 6) is -2.05. The minimum atomic E-state index is -0.688. The lowest BCUT2D eigenvalue weighted by atomic mass is 9.76. The van der Waals surface area contributed by atoms with Crippen LogP contribution in [0, 0.1) is 5.92 Å². The van der Waals surface area contributed by atoms with Crippen molar-refractivity contribution in [2.75, 3.05) is 13.7 Å². The van der Waals surface area contributed by atoms with Crippen LogP contribution in [0.4, 0.5) is 0 Å². The minimum Gasteiger partial charge on any atom is -0.468 e. The molecule has 150 valence electrons. The lowest BCUT2D eigenvalue weighted by Crippen LogP contribution is -2.34. The minimum absolute atomic E-state index is 0.129. The molecule has 2 atom stereocenters. The largest absolute Gasteiger partial charge is 0.468 e. The number of esters is 2. The fourth-order valence-corrected chi connectivity index (χ4v) is 5.31. The Labute approximate surface area is 176 Å². The number of hydrogen-bond acceptors (Lipinski definition) is 7. The molecule has 0 N–H and O–H groups in total. The maximum Gasteiger partial charge on any atom is 0.337 e. The first-order valence-electron chi connectivity index (χ1n) is 9.56. The number of aliphatic imine (C=N–C) groups is 1. The number of methoxy groups -OCH3 is 1. The fourth-order valence-electron chi connectivity index (χ4n) is 4.18. The van der Waals surface area contributed by atoms with E-state index < -0.39 is 23.8 Å².